The van der Waals surface area contributed by atoms with Gasteiger partial charge in [-0.3, -0.25) is 4.79 Å². The molecule has 0 saturated heterocycles. The van der Waals surface area contributed by atoms with Crippen molar-refractivity contribution in [2.24, 2.45) is 5.92 Å². The van der Waals surface area contributed by atoms with Gasteiger partial charge in [-0.05, 0) is 30.9 Å². The lowest BCUT2D eigenvalue weighted by atomic mass is 9.87. The largest absolute Gasteiger partial charge is 0.298 e. The van der Waals surface area contributed by atoms with Gasteiger partial charge in [0.05, 0.1) is 10.6 Å². The minimum Gasteiger partial charge on any atom is -0.298 e. The van der Waals surface area contributed by atoms with Crippen LogP contribution < -0.4 is 0 Å². The lowest BCUT2D eigenvalue weighted by Gasteiger charge is -2.24. The van der Waals surface area contributed by atoms with Gasteiger partial charge in [-0.25, -0.2) is 8.42 Å². The van der Waals surface area contributed by atoms with Crippen LogP contribution in [0.4, 0.5) is 0 Å². The summed E-state index contributed by atoms with van der Waals surface area (Å²) in [6, 6.07) is 6.11. The third-order valence-electron chi connectivity index (χ3n) is 3.06. The van der Waals surface area contributed by atoms with Gasteiger partial charge in [0.1, 0.15) is 6.29 Å². The van der Waals surface area contributed by atoms with Crippen LogP contribution in [-0.4, -0.2) is 20.5 Å². The third kappa shape index (κ3) is 2.32. The molecule has 4 heteroatoms. The first-order valence-corrected chi connectivity index (χ1v) is 7.05. The second-order valence-electron chi connectivity index (χ2n) is 4.27. The molecule has 0 atom stereocenters. The van der Waals surface area contributed by atoms with Crippen LogP contribution in [0.3, 0.4) is 0 Å². The van der Waals surface area contributed by atoms with Crippen molar-refractivity contribution in [1.82, 2.24) is 0 Å². The average molecular weight is 238 g/mol. The van der Waals surface area contributed by atoms with Crippen molar-refractivity contribution in [2.75, 3.05) is 5.75 Å². The first-order chi connectivity index (χ1) is 7.62. The second-order valence-corrected chi connectivity index (χ2v) is 6.30. The first-order valence-electron chi connectivity index (χ1n) is 5.40. The highest BCUT2D eigenvalue weighted by Gasteiger charge is 2.25. The lowest BCUT2D eigenvalue weighted by molar-refractivity contribution is 0.112. The lowest BCUT2D eigenvalue weighted by Crippen LogP contribution is -2.22. The smallest absolute Gasteiger partial charge is 0.178 e. The fourth-order valence-corrected chi connectivity index (χ4v) is 3.52. The van der Waals surface area contributed by atoms with E-state index in [9.17, 15) is 13.2 Å². The summed E-state index contributed by atoms with van der Waals surface area (Å²) in [5, 5.41) is 0. The Kier molecular flexibility index (Phi) is 3.10. The van der Waals surface area contributed by atoms with E-state index in [-0.39, 0.29) is 5.75 Å². The molecule has 2 rings (SSSR count). The van der Waals surface area contributed by atoms with Crippen LogP contribution in [0.5, 0.6) is 0 Å². The molecule has 1 aromatic carbocycles. The molecule has 1 aromatic rings. The highest BCUT2D eigenvalue weighted by atomic mass is 32.2. The van der Waals surface area contributed by atoms with Crippen molar-refractivity contribution in [3.8, 4) is 0 Å². The van der Waals surface area contributed by atoms with Crippen molar-refractivity contribution in [2.45, 2.75) is 24.2 Å². The summed E-state index contributed by atoms with van der Waals surface area (Å²) >= 11 is 0. The van der Waals surface area contributed by atoms with Crippen molar-refractivity contribution in [3.63, 3.8) is 0 Å². The molecule has 0 N–H and O–H groups in total. The third-order valence-corrected chi connectivity index (χ3v) is 4.96. The highest BCUT2D eigenvalue weighted by molar-refractivity contribution is 7.91. The van der Waals surface area contributed by atoms with Crippen LogP contribution in [0.1, 0.15) is 29.6 Å². The van der Waals surface area contributed by atoms with Gasteiger partial charge in [0.15, 0.2) is 9.84 Å². The average Bonchev–Trinajstić information content (AvgIpc) is 2.24. The van der Waals surface area contributed by atoms with E-state index in [1.54, 1.807) is 12.1 Å². The Balaban J connectivity index is 2.17. The van der Waals surface area contributed by atoms with Crippen molar-refractivity contribution < 1.29 is 13.2 Å². The number of benzene rings is 1. The first kappa shape index (κ1) is 11.3. The van der Waals surface area contributed by atoms with Crippen molar-refractivity contribution in [3.05, 3.63) is 29.8 Å². The number of sulfone groups is 1. The minimum absolute atomic E-state index is 0.243. The quantitative estimate of drug-likeness (QED) is 0.754. The van der Waals surface area contributed by atoms with Crippen molar-refractivity contribution >= 4 is 16.1 Å². The molecule has 0 amide bonds. The molecule has 1 aliphatic rings. The van der Waals surface area contributed by atoms with Gasteiger partial charge in [0.2, 0.25) is 0 Å². The molecule has 3 nitrogen and oxygen atoms in total. The molecule has 0 spiro atoms. The van der Waals surface area contributed by atoms with E-state index in [0.717, 1.165) is 19.3 Å². The Bertz CT molecular complexity index is 469. The highest BCUT2D eigenvalue weighted by Crippen LogP contribution is 2.29. The van der Waals surface area contributed by atoms with Gasteiger partial charge in [0.25, 0.3) is 0 Å². The number of hydrogen-bond donors (Lipinski definition) is 0. The fraction of sp³-hybridized carbons (Fsp3) is 0.417. The zero-order valence-electron chi connectivity index (χ0n) is 8.93. The van der Waals surface area contributed by atoms with E-state index in [0.29, 0.717) is 22.7 Å². The Morgan fingerprint density at radius 1 is 1.19 bits per heavy atom. The van der Waals surface area contributed by atoms with Crippen LogP contribution in [0, 0.1) is 5.92 Å². The molecule has 0 aromatic heterocycles. The SMILES string of the molecule is O=Cc1ccc(S(=O)(=O)CC2CCC2)cc1. The van der Waals surface area contributed by atoms with E-state index in [1.807, 2.05) is 0 Å². The topological polar surface area (TPSA) is 51.2 Å². The van der Waals surface area contributed by atoms with Crippen LogP contribution in [0.25, 0.3) is 0 Å². The van der Waals surface area contributed by atoms with E-state index >= 15 is 0 Å². The summed E-state index contributed by atoms with van der Waals surface area (Å²) in [4.78, 5) is 10.8. The second kappa shape index (κ2) is 4.37. The van der Waals surface area contributed by atoms with Crippen LogP contribution in [0.15, 0.2) is 29.2 Å². The van der Waals surface area contributed by atoms with Gasteiger partial charge in [-0.15, -0.1) is 0 Å². The summed E-state index contributed by atoms with van der Waals surface area (Å²) < 4.78 is 23.9. The molecule has 1 saturated carbocycles. The molecular weight excluding hydrogens is 224 g/mol. The Morgan fingerprint density at radius 3 is 2.25 bits per heavy atom. The standard InChI is InChI=1S/C12H14O3S/c13-8-10-4-6-12(7-5-10)16(14,15)9-11-2-1-3-11/h4-8,11H,1-3,9H2. The minimum atomic E-state index is -3.16. The fourth-order valence-electron chi connectivity index (χ4n) is 1.82. The monoisotopic (exact) mass is 238 g/mol. The van der Waals surface area contributed by atoms with Gasteiger partial charge in [-0.2, -0.15) is 0 Å². The number of aldehydes is 1. The maximum absolute atomic E-state index is 11.9. The van der Waals surface area contributed by atoms with Crippen molar-refractivity contribution in [1.29, 1.82) is 0 Å². The molecule has 0 unspecified atom stereocenters. The molecule has 0 aliphatic heterocycles. The summed E-state index contributed by atoms with van der Waals surface area (Å²) in [5.41, 5.74) is 0.502. The predicted molar refractivity (Wildman–Crippen MR) is 61.2 cm³/mol. The van der Waals surface area contributed by atoms with Gasteiger partial charge >= 0.3 is 0 Å². The van der Waals surface area contributed by atoms with Gasteiger partial charge in [-0.1, -0.05) is 18.6 Å². The van der Waals surface area contributed by atoms with Crippen LogP contribution in [0.2, 0.25) is 0 Å². The predicted octanol–water partition coefficient (Wildman–Crippen LogP) is 2.07. The number of hydrogen-bond acceptors (Lipinski definition) is 3. The van der Waals surface area contributed by atoms with Gasteiger partial charge in [0, 0.05) is 5.56 Å². The van der Waals surface area contributed by atoms with Gasteiger partial charge < -0.3 is 0 Å². The maximum atomic E-state index is 11.9. The van der Waals surface area contributed by atoms with Crippen LogP contribution >= 0.6 is 0 Å². The molecule has 0 bridgehead atoms. The van der Waals surface area contributed by atoms with E-state index in [2.05, 4.69) is 0 Å². The maximum Gasteiger partial charge on any atom is 0.178 e. The normalized spacial score (nSPS) is 16.8. The number of carbonyl (C=O) groups is 1. The summed E-state index contributed by atoms with van der Waals surface area (Å²) in [5.74, 6) is 0.573. The molecule has 1 aliphatic carbocycles. The zero-order chi connectivity index (χ0) is 11.6. The number of rotatable bonds is 4. The molecule has 16 heavy (non-hydrogen) atoms. The molecule has 0 heterocycles. The molecule has 86 valence electrons. The van der Waals surface area contributed by atoms with E-state index in [4.69, 9.17) is 0 Å². The zero-order valence-corrected chi connectivity index (χ0v) is 9.74. The molecule has 0 radical (unpaired) electrons. The van der Waals surface area contributed by atoms with E-state index in [1.165, 1.54) is 12.1 Å². The Labute approximate surface area is 95.4 Å². The van der Waals surface area contributed by atoms with Crippen LogP contribution in [-0.2, 0) is 9.84 Å². The Hall–Kier alpha value is -1.16. The number of carbonyl (C=O) groups excluding carboxylic acids is 1. The summed E-state index contributed by atoms with van der Waals surface area (Å²) in [6.45, 7) is 0. The Morgan fingerprint density at radius 2 is 1.81 bits per heavy atom. The summed E-state index contributed by atoms with van der Waals surface area (Å²) in [7, 11) is -3.16. The van der Waals surface area contributed by atoms with E-state index < -0.39 is 9.84 Å². The summed E-state index contributed by atoms with van der Waals surface area (Å²) in [6.07, 6.45) is 3.89. The molecule has 1 fully saturated rings. The molecular formula is C12H14O3S.